The van der Waals surface area contributed by atoms with E-state index in [9.17, 15) is 12.8 Å². The van der Waals surface area contributed by atoms with Crippen molar-refractivity contribution in [2.45, 2.75) is 25.0 Å². The highest BCUT2D eigenvalue weighted by Gasteiger charge is 2.38. The summed E-state index contributed by atoms with van der Waals surface area (Å²) in [6.07, 6.45) is 2.83. The van der Waals surface area contributed by atoms with Gasteiger partial charge in [0.05, 0.1) is 38.6 Å². The van der Waals surface area contributed by atoms with Gasteiger partial charge in [0.1, 0.15) is 11.5 Å². The largest absolute Gasteiger partial charge is 0.256 e. The average Bonchev–Trinajstić information content (AvgIpc) is 3.28. The molecule has 4 aromatic rings. The van der Waals surface area contributed by atoms with Crippen molar-refractivity contribution in [1.82, 2.24) is 19.2 Å². The first kappa shape index (κ1) is 17.4. The Balaban J connectivity index is 1.73. The lowest BCUT2D eigenvalue weighted by Gasteiger charge is -2.04. The lowest BCUT2D eigenvalue weighted by Crippen LogP contribution is -2.17. The molecule has 6 nitrogen and oxygen atoms in total. The zero-order chi connectivity index (χ0) is 19.5. The molecule has 1 aromatic carbocycles. The molecule has 5 rings (SSSR count). The molecule has 9 heteroatoms. The molecule has 0 atom stereocenters. The van der Waals surface area contributed by atoms with Crippen LogP contribution in [0.25, 0.3) is 32.7 Å². The first-order valence-corrected chi connectivity index (χ1v) is 11.1. The average molecular weight is 414 g/mol. The van der Waals surface area contributed by atoms with E-state index in [0.29, 0.717) is 29.8 Å². The van der Waals surface area contributed by atoms with Crippen LogP contribution in [0.3, 0.4) is 0 Å². The van der Waals surface area contributed by atoms with E-state index in [2.05, 4.69) is 15.1 Å². The number of nitrogens with zero attached hydrogens (tertiary/aromatic N) is 4. The summed E-state index contributed by atoms with van der Waals surface area (Å²) in [5.74, 6) is -0.415. The Labute approximate surface area is 164 Å². The Hall–Kier alpha value is -2.65. The molecule has 0 unspecified atom stereocenters. The second-order valence-electron chi connectivity index (χ2n) is 6.81. The fraction of sp³-hybridized carbons (Fsp3) is 0.211. The number of halogens is 1. The van der Waals surface area contributed by atoms with Crippen LogP contribution >= 0.6 is 11.3 Å². The molecule has 0 spiro atoms. The van der Waals surface area contributed by atoms with E-state index in [-0.39, 0.29) is 10.9 Å². The van der Waals surface area contributed by atoms with Crippen molar-refractivity contribution in [3.05, 3.63) is 53.6 Å². The summed E-state index contributed by atoms with van der Waals surface area (Å²) in [6.45, 7) is 1.57. The van der Waals surface area contributed by atoms with Crippen molar-refractivity contribution in [2.24, 2.45) is 0 Å². The predicted molar refractivity (Wildman–Crippen MR) is 106 cm³/mol. The van der Waals surface area contributed by atoms with E-state index in [1.54, 1.807) is 12.4 Å². The second kappa shape index (κ2) is 6.18. The minimum absolute atomic E-state index is 0.237. The molecule has 0 N–H and O–H groups in total. The van der Waals surface area contributed by atoms with Crippen molar-refractivity contribution in [2.75, 3.05) is 0 Å². The van der Waals surface area contributed by atoms with Gasteiger partial charge in [0.15, 0.2) is 0 Å². The standard InChI is InChI=1S/C19H15FN4O2S2/c1-11-15(20)5-7-17(22-11)19-14(9-24(23-19)28(25,26)13-3-4-13)12-2-6-16-18(8-12)27-10-21-16/h2,5-10,13H,3-4H2,1H3. The van der Waals surface area contributed by atoms with Crippen LogP contribution in [0.1, 0.15) is 18.5 Å². The molecule has 0 bridgehead atoms. The molecule has 1 aliphatic carbocycles. The van der Waals surface area contributed by atoms with Gasteiger partial charge in [0, 0.05) is 5.56 Å². The number of aryl methyl sites for hydroxylation is 1. The van der Waals surface area contributed by atoms with Crippen LogP contribution < -0.4 is 0 Å². The van der Waals surface area contributed by atoms with E-state index in [1.165, 1.54) is 29.7 Å². The molecule has 0 amide bonds. The third-order valence-corrected chi connectivity index (χ3v) is 7.62. The van der Waals surface area contributed by atoms with E-state index in [1.807, 2.05) is 18.2 Å². The van der Waals surface area contributed by atoms with Crippen LogP contribution in [0.15, 0.2) is 42.0 Å². The van der Waals surface area contributed by atoms with Crippen LogP contribution in [0.4, 0.5) is 4.39 Å². The Kier molecular flexibility index (Phi) is 3.85. The van der Waals surface area contributed by atoms with Crippen molar-refractivity contribution in [3.8, 4) is 22.5 Å². The van der Waals surface area contributed by atoms with Gasteiger partial charge in [-0.15, -0.1) is 11.3 Å². The Morgan fingerprint density at radius 1 is 1.21 bits per heavy atom. The number of hydrogen-bond donors (Lipinski definition) is 0. The van der Waals surface area contributed by atoms with Gasteiger partial charge in [-0.3, -0.25) is 0 Å². The van der Waals surface area contributed by atoms with Crippen molar-refractivity contribution >= 4 is 31.6 Å². The molecular formula is C19H15FN4O2S2. The minimum Gasteiger partial charge on any atom is -0.248 e. The third-order valence-electron chi connectivity index (χ3n) is 4.81. The number of thiazole rings is 1. The van der Waals surface area contributed by atoms with E-state index in [4.69, 9.17) is 0 Å². The normalized spacial score (nSPS) is 14.6. The molecular weight excluding hydrogens is 399 g/mol. The topological polar surface area (TPSA) is 77.7 Å². The quantitative estimate of drug-likeness (QED) is 0.504. The molecule has 1 aliphatic rings. The minimum atomic E-state index is -3.54. The molecule has 142 valence electrons. The van der Waals surface area contributed by atoms with E-state index >= 15 is 0 Å². The molecule has 1 fully saturated rings. The first-order valence-electron chi connectivity index (χ1n) is 8.75. The van der Waals surface area contributed by atoms with Gasteiger partial charge in [-0.25, -0.2) is 22.8 Å². The summed E-state index contributed by atoms with van der Waals surface area (Å²) >= 11 is 1.51. The van der Waals surface area contributed by atoms with Crippen LogP contribution in [0.5, 0.6) is 0 Å². The number of benzene rings is 1. The summed E-state index contributed by atoms with van der Waals surface area (Å²) in [5.41, 5.74) is 5.18. The van der Waals surface area contributed by atoms with Gasteiger partial charge in [-0.1, -0.05) is 6.07 Å². The number of aromatic nitrogens is 4. The maximum absolute atomic E-state index is 13.7. The maximum atomic E-state index is 13.7. The fourth-order valence-corrected chi connectivity index (χ4v) is 5.30. The maximum Gasteiger partial charge on any atom is 0.256 e. The van der Waals surface area contributed by atoms with Gasteiger partial charge in [0.2, 0.25) is 0 Å². The smallest absolute Gasteiger partial charge is 0.248 e. The molecule has 1 saturated carbocycles. The van der Waals surface area contributed by atoms with Gasteiger partial charge in [-0.2, -0.15) is 9.19 Å². The SMILES string of the molecule is Cc1nc(-c2nn(S(=O)(=O)C3CC3)cc2-c2ccc3ncsc3c2)ccc1F. The third kappa shape index (κ3) is 2.82. The highest BCUT2D eigenvalue weighted by molar-refractivity contribution is 7.90. The van der Waals surface area contributed by atoms with E-state index in [0.717, 1.165) is 19.9 Å². The molecule has 0 saturated heterocycles. The summed E-state index contributed by atoms with van der Waals surface area (Å²) in [6, 6.07) is 8.57. The van der Waals surface area contributed by atoms with Gasteiger partial charge < -0.3 is 0 Å². The first-order chi connectivity index (χ1) is 13.4. The molecule has 0 aliphatic heterocycles. The summed E-state index contributed by atoms with van der Waals surface area (Å²) in [5, 5.41) is 3.97. The highest BCUT2D eigenvalue weighted by atomic mass is 32.2. The second-order valence-corrected chi connectivity index (χ2v) is 9.76. The lowest BCUT2D eigenvalue weighted by atomic mass is 10.0. The molecule has 28 heavy (non-hydrogen) atoms. The molecule has 3 aromatic heterocycles. The van der Waals surface area contributed by atoms with E-state index < -0.39 is 15.8 Å². The summed E-state index contributed by atoms with van der Waals surface area (Å²) in [4.78, 5) is 8.56. The lowest BCUT2D eigenvalue weighted by molar-refractivity contribution is 0.579. The van der Waals surface area contributed by atoms with Crippen molar-refractivity contribution in [1.29, 1.82) is 0 Å². The van der Waals surface area contributed by atoms with Crippen LogP contribution in [-0.4, -0.2) is 32.8 Å². The monoisotopic (exact) mass is 414 g/mol. The Morgan fingerprint density at radius 3 is 2.79 bits per heavy atom. The van der Waals surface area contributed by atoms with Crippen molar-refractivity contribution < 1.29 is 12.8 Å². The van der Waals surface area contributed by atoms with Crippen molar-refractivity contribution in [3.63, 3.8) is 0 Å². The molecule has 0 radical (unpaired) electrons. The number of hydrogen-bond acceptors (Lipinski definition) is 6. The Bertz CT molecular complexity index is 1320. The predicted octanol–water partition coefficient (Wildman–Crippen LogP) is 4.01. The number of rotatable bonds is 4. The zero-order valence-corrected chi connectivity index (χ0v) is 16.5. The molecule has 3 heterocycles. The van der Waals surface area contributed by atoms with Crippen LogP contribution in [0, 0.1) is 12.7 Å². The number of pyridine rings is 1. The zero-order valence-electron chi connectivity index (χ0n) is 14.8. The number of fused-ring (bicyclic) bond motifs is 1. The Morgan fingerprint density at radius 2 is 2.04 bits per heavy atom. The fourth-order valence-electron chi connectivity index (χ4n) is 3.10. The highest BCUT2D eigenvalue weighted by Crippen LogP contribution is 2.36. The van der Waals surface area contributed by atoms with Gasteiger partial charge in [-0.05, 0) is 49.6 Å². The summed E-state index contributed by atoms with van der Waals surface area (Å²) < 4.78 is 41.2. The van der Waals surface area contributed by atoms with Gasteiger partial charge >= 0.3 is 0 Å². The summed E-state index contributed by atoms with van der Waals surface area (Å²) in [7, 11) is -3.54. The van der Waals surface area contributed by atoms with Gasteiger partial charge in [0.25, 0.3) is 10.0 Å². The van der Waals surface area contributed by atoms with Crippen LogP contribution in [0.2, 0.25) is 0 Å². The van der Waals surface area contributed by atoms with Crippen LogP contribution in [-0.2, 0) is 10.0 Å².